The average molecular weight is 430 g/mol. The number of amides is 1. The molecule has 0 aliphatic heterocycles. The minimum Gasteiger partial charge on any atom is -0.332 e. The molecule has 0 saturated carbocycles. The van der Waals surface area contributed by atoms with Crippen LogP contribution in [0.1, 0.15) is 35.3 Å². The number of hydrogen-bond donors (Lipinski definition) is 2. The van der Waals surface area contributed by atoms with Crippen LogP contribution in [0.2, 0.25) is 0 Å². The molecule has 1 heterocycles. The van der Waals surface area contributed by atoms with Crippen LogP contribution in [0.3, 0.4) is 0 Å². The molecule has 31 heavy (non-hydrogen) atoms. The second kappa shape index (κ2) is 9.06. The zero-order valence-corrected chi connectivity index (χ0v) is 18.2. The Hall–Kier alpha value is -3.58. The van der Waals surface area contributed by atoms with Crippen molar-refractivity contribution in [3.63, 3.8) is 0 Å². The summed E-state index contributed by atoms with van der Waals surface area (Å²) < 4.78 is 0. The van der Waals surface area contributed by atoms with E-state index >= 15 is 0 Å². The monoisotopic (exact) mass is 429 g/mol. The number of carbonyl (C=O) groups excluding carboxylic acids is 1. The third kappa shape index (κ3) is 4.78. The van der Waals surface area contributed by atoms with E-state index < -0.39 is 0 Å². The van der Waals surface area contributed by atoms with E-state index in [1.54, 1.807) is 16.9 Å². The van der Waals surface area contributed by atoms with Crippen LogP contribution in [0.5, 0.6) is 0 Å². The SMILES string of the molecule is CCc1ccc(C(=O)NC(=S)Nc2ccc3nn(-c4ccc(CC)cc4)nc3c2)cc1. The van der Waals surface area contributed by atoms with E-state index in [-0.39, 0.29) is 11.0 Å². The Bertz CT molecular complexity index is 1230. The number of aromatic nitrogens is 3. The summed E-state index contributed by atoms with van der Waals surface area (Å²) >= 11 is 5.30. The Balaban J connectivity index is 1.45. The molecule has 0 spiro atoms. The molecule has 6 nitrogen and oxygen atoms in total. The van der Waals surface area contributed by atoms with Gasteiger partial charge in [0.1, 0.15) is 11.0 Å². The predicted octanol–water partition coefficient (Wildman–Crippen LogP) is 4.67. The van der Waals surface area contributed by atoms with Crippen LogP contribution < -0.4 is 10.6 Å². The van der Waals surface area contributed by atoms with E-state index in [2.05, 4.69) is 46.8 Å². The first-order valence-corrected chi connectivity index (χ1v) is 10.6. The molecule has 1 amide bonds. The molecular weight excluding hydrogens is 406 g/mol. The Morgan fingerprint density at radius 1 is 0.871 bits per heavy atom. The highest BCUT2D eigenvalue weighted by atomic mass is 32.1. The van der Waals surface area contributed by atoms with Crippen molar-refractivity contribution in [1.82, 2.24) is 20.3 Å². The van der Waals surface area contributed by atoms with Gasteiger partial charge in [-0.1, -0.05) is 38.1 Å². The average Bonchev–Trinajstić information content (AvgIpc) is 3.22. The minimum absolute atomic E-state index is 0.228. The van der Waals surface area contributed by atoms with Crippen molar-refractivity contribution < 1.29 is 4.79 Å². The first-order chi connectivity index (χ1) is 15.1. The maximum atomic E-state index is 12.4. The quantitative estimate of drug-likeness (QED) is 0.451. The highest BCUT2D eigenvalue weighted by molar-refractivity contribution is 7.80. The van der Waals surface area contributed by atoms with Gasteiger partial charge >= 0.3 is 0 Å². The number of aryl methyl sites for hydroxylation is 2. The van der Waals surface area contributed by atoms with Crippen LogP contribution in [0.4, 0.5) is 5.69 Å². The van der Waals surface area contributed by atoms with Crippen molar-refractivity contribution in [2.45, 2.75) is 26.7 Å². The van der Waals surface area contributed by atoms with Gasteiger partial charge in [-0.15, -0.1) is 10.2 Å². The largest absolute Gasteiger partial charge is 0.332 e. The molecule has 0 fully saturated rings. The standard InChI is InChI=1S/C24H23N5OS/c1-3-16-5-9-18(10-6-16)23(30)26-24(31)25-19-11-14-21-22(15-19)28-29(27-21)20-12-7-17(4-2)8-13-20/h5-15H,3-4H2,1-2H3,(H2,25,26,30,31). The van der Waals surface area contributed by atoms with Crippen molar-refractivity contribution in [2.24, 2.45) is 0 Å². The van der Waals surface area contributed by atoms with E-state index in [0.717, 1.165) is 35.2 Å². The number of rotatable bonds is 5. The third-order valence-corrected chi connectivity index (χ3v) is 5.27. The van der Waals surface area contributed by atoms with Crippen molar-refractivity contribution >= 4 is 40.0 Å². The summed E-state index contributed by atoms with van der Waals surface area (Å²) in [4.78, 5) is 14.0. The van der Waals surface area contributed by atoms with E-state index in [9.17, 15) is 4.79 Å². The van der Waals surface area contributed by atoms with Crippen LogP contribution in [-0.2, 0) is 12.8 Å². The van der Waals surface area contributed by atoms with Gasteiger partial charge in [-0.3, -0.25) is 10.1 Å². The topological polar surface area (TPSA) is 71.8 Å². The summed E-state index contributed by atoms with van der Waals surface area (Å²) in [6.45, 7) is 4.20. The van der Waals surface area contributed by atoms with Gasteiger partial charge < -0.3 is 5.32 Å². The minimum atomic E-state index is -0.247. The molecule has 0 bridgehead atoms. The van der Waals surface area contributed by atoms with E-state index in [1.807, 2.05) is 42.5 Å². The van der Waals surface area contributed by atoms with Gasteiger partial charge in [-0.05, 0) is 78.7 Å². The lowest BCUT2D eigenvalue weighted by Crippen LogP contribution is -2.34. The molecule has 3 aromatic carbocycles. The molecule has 2 N–H and O–H groups in total. The van der Waals surface area contributed by atoms with Crippen molar-refractivity contribution in [2.75, 3.05) is 5.32 Å². The zero-order valence-electron chi connectivity index (χ0n) is 17.4. The van der Waals surface area contributed by atoms with E-state index in [0.29, 0.717) is 5.56 Å². The molecule has 0 atom stereocenters. The Morgan fingerprint density at radius 3 is 2.13 bits per heavy atom. The zero-order chi connectivity index (χ0) is 21.8. The number of fused-ring (bicyclic) bond motifs is 1. The molecule has 0 aliphatic rings. The third-order valence-electron chi connectivity index (χ3n) is 5.07. The fourth-order valence-corrected chi connectivity index (χ4v) is 3.41. The van der Waals surface area contributed by atoms with Gasteiger partial charge in [-0.2, -0.15) is 4.80 Å². The summed E-state index contributed by atoms with van der Waals surface area (Å²) in [5, 5.41) is 15.1. The van der Waals surface area contributed by atoms with Gasteiger partial charge in [0, 0.05) is 11.3 Å². The number of thiocarbonyl (C=S) groups is 1. The van der Waals surface area contributed by atoms with Gasteiger partial charge in [-0.25, -0.2) is 0 Å². The lowest BCUT2D eigenvalue weighted by Gasteiger charge is -2.09. The Labute approximate surface area is 186 Å². The molecule has 4 aromatic rings. The van der Waals surface area contributed by atoms with E-state index in [4.69, 9.17) is 12.2 Å². The highest BCUT2D eigenvalue weighted by Gasteiger charge is 2.10. The normalized spacial score (nSPS) is 10.8. The number of anilines is 1. The summed E-state index contributed by atoms with van der Waals surface area (Å²) in [7, 11) is 0. The maximum Gasteiger partial charge on any atom is 0.257 e. The molecule has 4 rings (SSSR count). The van der Waals surface area contributed by atoms with Crippen LogP contribution in [0.25, 0.3) is 16.7 Å². The summed E-state index contributed by atoms with van der Waals surface area (Å²) in [6.07, 6.45) is 1.92. The van der Waals surface area contributed by atoms with Crippen molar-refractivity contribution in [1.29, 1.82) is 0 Å². The van der Waals surface area contributed by atoms with Gasteiger partial charge in [0.05, 0.1) is 5.69 Å². The first kappa shape index (κ1) is 20.7. The fraction of sp³-hybridized carbons (Fsp3) is 0.167. The fourth-order valence-electron chi connectivity index (χ4n) is 3.20. The number of nitrogens with zero attached hydrogens (tertiary/aromatic N) is 3. The highest BCUT2D eigenvalue weighted by Crippen LogP contribution is 2.18. The number of nitrogens with one attached hydrogen (secondary N) is 2. The predicted molar refractivity (Wildman–Crippen MR) is 128 cm³/mol. The molecule has 0 aliphatic carbocycles. The number of carbonyl (C=O) groups is 1. The second-order valence-electron chi connectivity index (χ2n) is 7.17. The summed E-state index contributed by atoms with van der Waals surface area (Å²) in [6, 6.07) is 21.2. The summed E-state index contributed by atoms with van der Waals surface area (Å²) in [5.74, 6) is -0.247. The summed E-state index contributed by atoms with van der Waals surface area (Å²) in [5.41, 5.74) is 6.15. The second-order valence-corrected chi connectivity index (χ2v) is 7.58. The van der Waals surface area contributed by atoms with Crippen molar-refractivity contribution in [3.8, 4) is 5.69 Å². The lowest BCUT2D eigenvalue weighted by atomic mass is 10.1. The Morgan fingerprint density at radius 2 is 1.48 bits per heavy atom. The van der Waals surface area contributed by atoms with Gasteiger partial charge in [0.2, 0.25) is 0 Å². The molecule has 0 unspecified atom stereocenters. The van der Waals surface area contributed by atoms with E-state index in [1.165, 1.54) is 11.1 Å². The molecular formula is C24H23N5OS. The van der Waals surface area contributed by atoms with Crippen LogP contribution in [0, 0.1) is 0 Å². The molecule has 7 heteroatoms. The number of hydrogen-bond acceptors (Lipinski definition) is 4. The first-order valence-electron chi connectivity index (χ1n) is 10.2. The number of benzene rings is 3. The molecule has 156 valence electrons. The van der Waals surface area contributed by atoms with Crippen LogP contribution in [0.15, 0.2) is 66.7 Å². The molecule has 1 aromatic heterocycles. The van der Waals surface area contributed by atoms with Gasteiger partial charge in [0.15, 0.2) is 5.11 Å². The van der Waals surface area contributed by atoms with Crippen molar-refractivity contribution in [3.05, 3.63) is 83.4 Å². The van der Waals surface area contributed by atoms with Crippen LogP contribution in [-0.4, -0.2) is 26.0 Å². The Kier molecular flexibility index (Phi) is 6.04. The van der Waals surface area contributed by atoms with Crippen LogP contribution >= 0.6 is 12.2 Å². The molecule has 0 saturated heterocycles. The smallest absolute Gasteiger partial charge is 0.257 e. The lowest BCUT2D eigenvalue weighted by molar-refractivity contribution is 0.0977. The van der Waals surface area contributed by atoms with Gasteiger partial charge in [0.25, 0.3) is 5.91 Å². The molecule has 0 radical (unpaired) electrons. The maximum absolute atomic E-state index is 12.4.